The Morgan fingerprint density at radius 2 is 2.07 bits per heavy atom. The van der Waals surface area contributed by atoms with Gasteiger partial charge in [0.05, 0.1) is 11.3 Å². The van der Waals surface area contributed by atoms with Crippen molar-refractivity contribution in [1.82, 2.24) is 0 Å². The summed E-state index contributed by atoms with van der Waals surface area (Å²) in [6, 6.07) is 0. The smallest absolute Gasteiger partial charge is 0.0590 e. The van der Waals surface area contributed by atoms with Gasteiger partial charge in [0.25, 0.3) is 0 Å². The molecule has 2 nitrogen and oxygen atoms in total. The maximum Gasteiger partial charge on any atom is 0.0590 e. The van der Waals surface area contributed by atoms with Gasteiger partial charge in [-0.25, -0.2) is 0 Å². The number of allylic oxidation sites excluding steroid dienone is 1. The predicted molar refractivity (Wildman–Crippen MR) is 63.2 cm³/mol. The summed E-state index contributed by atoms with van der Waals surface area (Å²) in [7, 11) is 0. The van der Waals surface area contributed by atoms with Crippen LogP contribution in [0.4, 0.5) is 0 Å². The molecule has 14 heavy (non-hydrogen) atoms. The third kappa shape index (κ3) is 3.86. The summed E-state index contributed by atoms with van der Waals surface area (Å²) in [4.78, 5) is 8.77. The SMILES string of the molecule is CC1(C)C=CN=C(C=NC(C)(C)C)C1. The van der Waals surface area contributed by atoms with E-state index in [1.807, 2.05) is 12.4 Å². The van der Waals surface area contributed by atoms with Crippen LogP contribution in [0.5, 0.6) is 0 Å². The first-order valence-corrected chi connectivity index (χ1v) is 5.08. The molecule has 0 radical (unpaired) electrons. The van der Waals surface area contributed by atoms with E-state index >= 15 is 0 Å². The van der Waals surface area contributed by atoms with Crippen LogP contribution in [-0.2, 0) is 0 Å². The third-order valence-electron chi connectivity index (χ3n) is 2.00. The van der Waals surface area contributed by atoms with Crippen molar-refractivity contribution in [2.45, 2.75) is 46.6 Å². The van der Waals surface area contributed by atoms with Crippen LogP contribution in [0.1, 0.15) is 41.0 Å². The summed E-state index contributed by atoms with van der Waals surface area (Å²) >= 11 is 0. The van der Waals surface area contributed by atoms with Crippen LogP contribution >= 0.6 is 0 Å². The molecule has 0 saturated carbocycles. The molecule has 1 rings (SSSR count). The first-order chi connectivity index (χ1) is 6.29. The van der Waals surface area contributed by atoms with E-state index in [0.717, 1.165) is 12.1 Å². The topological polar surface area (TPSA) is 24.7 Å². The summed E-state index contributed by atoms with van der Waals surface area (Å²) in [5, 5.41) is 0. The fourth-order valence-electron chi connectivity index (χ4n) is 1.25. The lowest BCUT2D eigenvalue weighted by molar-refractivity contribution is 0.499. The van der Waals surface area contributed by atoms with Gasteiger partial charge in [0.15, 0.2) is 0 Å². The maximum absolute atomic E-state index is 4.46. The van der Waals surface area contributed by atoms with Crippen molar-refractivity contribution in [1.29, 1.82) is 0 Å². The van der Waals surface area contributed by atoms with Gasteiger partial charge in [-0.15, -0.1) is 0 Å². The quantitative estimate of drug-likeness (QED) is 0.570. The maximum atomic E-state index is 4.46. The number of aliphatic imine (C=N–C) groups is 2. The molecule has 78 valence electrons. The van der Waals surface area contributed by atoms with Crippen LogP contribution in [0.2, 0.25) is 0 Å². The minimum atomic E-state index is -0.00613. The molecule has 1 aliphatic rings. The fourth-order valence-corrected chi connectivity index (χ4v) is 1.25. The zero-order chi connectivity index (χ0) is 10.8. The summed E-state index contributed by atoms with van der Waals surface area (Å²) in [6.07, 6.45) is 6.91. The monoisotopic (exact) mass is 192 g/mol. The lowest BCUT2D eigenvalue weighted by atomic mass is 9.86. The third-order valence-corrected chi connectivity index (χ3v) is 2.00. The van der Waals surface area contributed by atoms with Crippen LogP contribution in [-0.4, -0.2) is 17.5 Å². The largest absolute Gasteiger partial charge is 0.286 e. The Morgan fingerprint density at radius 3 is 2.57 bits per heavy atom. The number of nitrogens with zero attached hydrogens (tertiary/aromatic N) is 2. The first-order valence-electron chi connectivity index (χ1n) is 5.08. The zero-order valence-electron chi connectivity index (χ0n) is 9.83. The molecule has 0 aromatic carbocycles. The van der Waals surface area contributed by atoms with Gasteiger partial charge < -0.3 is 0 Å². The number of rotatable bonds is 1. The van der Waals surface area contributed by atoms with Gasteiger partial charge in [0.1, 0.15) is 0 Å². The molecule has 0 bridgehead atoms. The Morgan fingerprint density at radius 1 is 1.43 bits per heavy atom. The summed E-state index contributed by atoms with van der Waals surface area (Å²) in [5.74, 6) is 0. The average Bonchev–Trinajstić information content (AvgIpc) is 1.98. The summed E-state index contributed by atoms with van der Waals surface area (Å²) in [5.41, 5.74) is 1.29. The van der Waals surface area contributed by atoms with Gasteiger partial charge in [-0.3, -0.25) is 9.98 Å². The van der Waals surface area contributed by atoms with E-state index in [-0.39, 0.29) is 11.0 Å². The van der Waals surface area contributed by atoms with E-state index in [9.17, 15) is 0 Å². The molecule has 1 aliphatic heterocycles. The Hall–Kier alpha value is -0.920. The number of hydrogen-bond donors (Lipinski definition) is 0. The summed E-state index contributed by atoms with van der Waals surface area (Å²) in [6.45, 7) is 10.7. The first kappa shape index (κ1) is 11.2. The molecule has 0 N–H and O–H groups in total. The van der Waals surface area contributed by atoms with E-state index in [1.54, 1.807) is 0 Å². The Labute approximate surface area is 86.8 Å². The normalized spacial score (nSPS) is 21.4. The van der Waals surface area contributed by atoms with E-state index in [4.69, 9.17) is 0 Å². The highest BCUT2D eigenvalue weighted by Gasteiger charge is 2.19. The molecule has 0 amide bonds. The van der Waals surface area contributed by atoms with Gasteiger partial charge in [-0.1, -0.05) is 19.9 Å². The second-order valence-electron chi connectivity index (χ2n) is 5.53. The van der Waals surface area contributed by atoms with Crippen molar-refractivity contribution in [3.05, 3.63) is 12.3 Å². The second kappa shape index (κ2) is 3.68. The Balaban J connectivity index is 2.69. The van der Waals surface area contributed by atoms with Crippen LogP contribution in [0.25, 0.3) is 0 Å². The molecule has 0 fully saturated rings. The molecular formula is C12H20N2. The van der Waals surface area contributed by atoms with Crippen molar-refractivity contribution < 1.29 is 0 Å². The molecule has 0 spiro atoms. The minimum Gasteiger partial charge on any atom is -0.286 e. The van der Waals surface area contributed by atoms with Gasteiger partial charge >= 0.3 is 0 Å². The standard InChI is InChI=1S/C12H20N2/c1-11(2,3)14-9-10-8-12(4,5)6-7-13-10/h6-7,9H,8H2,1-5H3. The molecule has 0 aliphatic carbocycles. The van der Waals surface area contributed by atoms with Crippen molar-refractivity contribution >= 4 is 11.9 Å². The van der Waals surface area contributed by atoms with Gasteiger partial charge in [0, 0.05) is 12.4 Å². The van der Waals surface area contributed by atoms with Crippen LogP contribution < -0.4 is 0 Å². The molecule has 0 aromatic rings. The van der Waals surface area contributed by atoms with E-state index in [0.29, 0.717) is 0 Å². The van der Waals surface area contributed by atoms with Crippen molar-refractivity contribution in [2.24, 2.45) is 15.4 Å². The van der Waals surface area contributed by atoms with Crippen molar-refractivity contribution in [2.75, 3.05) is 0 Å². The van der Waals surface area contributed by atoms with E-state index < -0.39 is 0 Å². The van der Waals surface area contributed by atoms with Gasteiger partial charge in [-0.05, 0) is 32.6 Å². The van der Waals surface area contributed by atoms with Crippen LogP contribution in [0, 0.1) is 5.41 Å². The predicted octanol–water partition coefficient (Wildman–Crippen LogP) is 3.24. The fraction of sp³-hybridized carbons (Fsp3) is 0.667. The molecule has 0 aromatic heterocycles. The molecule has 0 atom stereocenters. The van der Waals surface area contributed by atoms with Crippen molar-refractivity contribution in [3.63, 3.8) is 0 Å². The Bertz CT molecular complexity index is 288. The van der Waals surface area contributed by atoms with Crippen LogP contribution in [0.3, 0.4) is 0 Å². The zero-order valence-corrected chi connectivity index (χ0v) is 9.83. The minimum absolute atomic E-state index is 0.00613. The number of hydrogen-bond acceptors (Lipinski definition) is 2. The summed E-state index contributed by atoms with van der Waals surface area (Å²) < 4.78 is 0. The molecular weight excluding hydrogens is 172 g/mol. The van der Waals surface area contributed by atoms with Crippen molar-refractivity contribution in [3.8, 4) is 0 Å². The molecule has 0 unspecified atom stereocenters. The van der Waals surface area contributed by atoms with E-state index in [1.165, 1.54) is 0 Å². The average molecular weight is 192 g/mol. The Kier molecular flexibility index (Phi) is 2.93. The van der Waals surface area contributed by atoms with Gasteiger partial charge in [-0.2, -0.15) is 0 Å². The van der Waals surface area contributed by atoms with Crippen LogP contribution in [0.15, 0.2) is 22.3 Å². The lowest BCUT2D eigenvalue weighted by Gasteiger charge is -2.22. The molecule has 1 heterocycles. The highest BCUT2D eigenvalue weighted by molar-refractivity contribution is 6.31. The lowest BCUT2D eigenvalue weighted by Crippen LogP contribution is -2.20. The van der Waals surface area contributed by atoms with E-state index in [2.05, 4.69) is 50.7 Å². The molecule has 2 heteroatoms. The highest BCUT2D eigenvalue weighted by Crippen LogP contribution is 2.25. The molecule has 0 saturated heterocycles. The highest BCUT2D eigenvalue weighted by atomic mass is 14.8. The second-order valence-corrected chi connectivity index (χ2v) is 5.53. The van der Waals surface area contributed by atoms with Gasteiger partial charge in [0.2, 0.25) is 0 Å².